The zero-order valence-electron chi connectivity index (χ0n) is 15.4. The van der Waals surface area contributed by atoms with Crippen LogP contribution in [0.3, 0.4) is 0 Å². The van der Waals surface area contributed by atoms with Crippen LogP contribution in [0, 0.1) is 6.92 Å². The lowest BCUT2D eigenvalue weighted by Gasteiger charge is -2.16. The largest absolute Gasteiger partial charge is 0.507 e. The van der Waals surface area contributed by atoms with Crippen molar-refractivity contribution in [1.82, 2.24) is 15.2 Å². The van der Waals surface area contributed by atoms with Crippen LogP contribution in [-0.2, 0) is 0 Å². The molecule has 0 saturated heterocycles. The third kappa shape index (κ3) is 2.50. The number of H-pyrrole nitrogens is 1. The van der Waals surface area contributed by atoms with Crippen LogP contribution in [0.1, 0.15) is 15.9 Å². The van der Waals surface area contributed by atoms with Crippen molar-refractivity contribution in [2.75, 3.05) is 14.2 Å². The summed E-state index contributed by atoms with van der Waals surface area (Å²) in [5, 5.41) is 28.6. The summed E-state index contributed by atoms with van der Waals surface area (Å²) in [5.41, 5.74) is 2.29. The molecule has 0 radical (unpaired) electrons. The molecule has 4 aromatic rings. The number of hydrogen-bond donors (Lipinski definition) is 3. The van der Waals surface area contributed by atoms with Gasteiger partial charge in [-0.2, -0.15) is 5.10 Å². The highest BCUT2D eigenvalue weighted by Crippen LogP contribution is 2.42. The average Bonchev–Trinajstić information content (AvgIpc) is 3.15. The number of carboxylic acid groups (broad SMARTS) is 1. The van der Waals surface area contributed by atoms with Crippen LogP contribution in [0.15, 0.2) is 30.5 Å². The van der Waals surface area contributed by atoms with E-state index < -0.39 is 5.97 Å². The number of carboxylic acids is 1. The number of aromatic nitrogens is 3. The van der Waals surface area contributed by atoms with Crippen LogP contribution < -0.4 is 9.47 Å². The number of carbonyl (C=O) groups is 1. The van der Waals surface area contributed by atoms with E-state index in [0.717, 1.165) is 21.7 Å². The first-order valence-corrected chi connectivity index (χ1v) is 8.41. The summed E-state index contributed by atoms with van der Waals surface area (Å²) < 4.78 is 11.0. The summed E-state index contributed by atoms with van der Waals surface area (Å²) in [7, 11) is 3.13. The first kappa shape index (κ1) is 17.6. The van der Waals surface area contributed by atoms with Gasteiger partial charge in [0, 0.05) is 27.3 Å². The molecule has 2 aromatic carbocycles. The topological polar surface area (TPSA) is 118 Å². The molecule has 0 saturated carbocycles. The third-order valence-electron chi connectivity index (χ3n) is 4.78. The number of phenols is 1. The van der Waals surface area contributed by atoms with Gasteiger partial charge < -0.3 is 19.7 Å². The standard InChI is InChI=1S/C20H17N3O5/c1-9-16-12(7-15(27-2)18(9)28-3)17(22-19-13(16)8-21-23-19)10-4-5-14(24)11(6-10)20(25)26/h4-8,24H,1-3H3,(H,25,26)(H,21,22,23). The minimum atomic E-state index is -1.22. The summed E-state index contributed by atoms with van der Waals surface area (Å²) in [4.78, 5) is 16.1. The lowest BCUT2D eigenvalue weighted by atomic mass is 9.96. The highest BCUT2D eigenvalue weighted by molar-refractivity contribution is 6.13. The summed E-state index contributed by atoms with van der Waals surface area (Å²) in [6.45, 7) is 1.92. The third-order valence-corrected chi connectivity index (χ3v) is 4.78. The van der Waals surface area contributed by atoms with Crippen LogP contribution >= 0.6 is 0 Å². The van der Waals surface area contributed by atoms with Gasteiger partial charge in [0.1, 0.15) is 11.3 Å². The van der Waals surface area contributed by atoms with Gasteiger partial charge in [0.25, 0.3) is 0 Å². The highest BCUT2D eigenvalue weighted by atomic mass is 16.5. The number of nitrogens with one attached hydrogen (secondary N) is 1. The summed E-state index contributed by atoms with van der Waals surface area (Å²) in [6.07, 6.45) is 1.69. The lowest BCUT2D eigenvalue weighted by Crippen LogP contribution is -1.99. The Morgan fingerprint density at radius 3 is 2.61 bits per heavy atom. The van der Waals surface area contributed by atoms with Gasteiger partial charge in [-0.15, -0.1) is 0 Å². The van der Waals surface area contributed by atoms with Crippen molar-refractivity contribution >= 4 is 27.8 Å². The van der Waals surface area contributed by atoms with Crippen LogP contribution in [-0.4, -0.2) is 45.6 Å². The molecule has 28 heavy (non-hydrogen) atoms. The maximum Gasteiger partial charge on any atom is 0.339 e. The molecule has 4 rings (SSSR count). The summed E-state index contributed by atoms with van der Waals surface area (Å²) in [5.74, 6) is -0.387. The van der Waals surface area contributed by atoms with Crippen LogP contribution in [0.25, 0.3) is 33.1 Å². The lowest BCUT2D eigenvalue weighted by molar-refractivity contribution is 0.0694. The highest BCUT2D eigenvalue weighted by Gasteiger charge is 2.20. The van der Waals surface area contributed by atoms with E-state index in [0.29, 0.717) is 28.4 Å². The fourth-order valence-electron chi connectivity index (χ4n) is 3.50. The molecule has 0 fully saturated rings. The molecule has 0 amide bonds. The zero-order valence-corrected chi connectivity index (χ0v) is 15.4. The minimum Gasteiger partial charge on any atom is -0.507 e. The monoisotopic (exact) mass is 379 g/mol. The fourth-order valence-corrected chi connectivity index (χ4v) is 3.50. The molecule has 3 N–H and O–H groups in total. The van der Waals surface area contributed by atoms with Gasteiger partial charge in [-0.3, -0.25) is 5.10 Å². The van der Waals surface area contributed by atoms with E-state index >= 15 is 0 Å². The molecule has 0 aliphatic rings. The number of rotatable bonds is 4. The molecular weight excluding hydrogens is 362 g/mol. The number of methoxy groups -OCH3 is 2. The number of aromatic amines is 1. The van der Waals surface area contributed by atoms with Gasteiger partial charge in [-0.25, -0.2) is 9.78 Å². The zero-order chi connectivity index (χ0) is 20.0. The van der Waals surface area contributed by atoms with Gasteiger partial charge >= 0.3 is 5.97 Å². The minimum absolute atomic E-state index is 0.200. The Kier molecular flexibility index (Phi) is 4.03. The predicted molar refractivity (Wildman–Crippen MR) is 103 cm³/mol. The number of nitrogens with zero attached hydrogens (tertiary/aromatic N) is 2. The van der Waals surface area contributed by atoms with E-state index in [1.54, 1.807) is 26.5 Å². The Hall–Kier alpha value is -3.81. The summed E-state index contributed by atoms with van der Waals surface area (Å²) in [6, 6.07) is 6.17. The molecule has 2 heterocycles. The summed E-state index contributed by atoms with van der Waals surface area (Å²) >= 11 is 0. The van der Waals surface area contributed by atoms with Crippen LogP contribution in [0.5, 0.6) is 17.2 Å². The van der Waals surface area contributed by atoms with Crippen molar-refractivity contribution in [3.05, 3.63) is 41.6 Å². The van der Waals surface area contributed by atoms with Gasteiger partial charge in [0.2, 0.25) is 0 Å². The SMILES string of the molecule is COc1cc2c(-c3ccc(O)c(C(=O)O)c3)nc3[nH]ncc3c2c(C)c1OC. The van der Waals surface area contributed by atoms with Crippen molar-refractivity contribution in [2.45, 2.75) is 6.92 Å². The maximum absolute atomic E-state index is 11.4. The average molecular weight is 379 g/mol. The van der Waals surface area contributed by atoms with Crippen LogP contribution in [0.2, 0.25) is 0 Å². The molecular formula is C20H17N3O5. The predicted octanol–water partition coefficient (Wildman–Crippen LogP) is 3.51. The normalized spacial score (nSPS) is 11.1. The number of aryl methyl sites for hydroxylation is 1. The quantitative estimate of drug-likeness (QED) is 0.497. The second-order valence-corrected chi connectivity index (χ2v) is 6.29. The molecule has 0 atom stereocenters. The molecule has 142 valence electrons. The second kappa shape index (κ2) is 6.41. The van der Waals surface area contributed by atoms with E-state index in [2.05, 4.69) is 15.2 Å². The Morgan fingerprint density at radius 2 is 1.93 bits per heavy atom. The van der Waals surface area contributed by atoms with Crippen molar-refractivity contribution in [1.29, 1.82) is 0 Å². The number of aromatic hydroxyl groups is 1. The van der Waals surface area contributed by atoms with E-state index in [-0.39, 0.29) is 11.3 Å². The first-order valence-electron chi connectivity index (χ1n) is 8.41. The first-order chi connectivity index (χ1) is 13.5. The van der Waals surface area contributed by atoms with Crippen molar-refractivity contribution in [2.24, 2.45) is 0 Å². The number of aromatic carboxylic acids is 1. The molecule has 0 aliphatic heterocycles. The van der Waals surface area contributed by atoms with E-state index in [1.165, 1.54) is 12.1 Å². The van der Waals surface area contributed by atoms with E-state index in [9.17, 15) is 15.0 Å². The second-order valence-electron chi connectivity index (χ2n) is 6.29. The number of fused-ring (bicyclic) bond motifs is 3. The van der Waals surface area contributed by atoms with E-state index in [4.69, 9.17) is 9.47 Å². The van der Waals surface area contributed by atoms with Crippen molar-refractivity contribution in [3.8, 4) is 28.5 Å². The Balaban J connectivity index is 2.15. The number of hydrogen-bond acceptors (Lipinski definition) is 6. The number of pyridine rings is 1. The maximum atomic E-state index is 11.4. The van der Waals surface area contributed by atoms with Gasteiger partial charge in [0.05, 0.1) is 26.1 Å². The Labute approximate surface area is 159 Å². The smallest absolute Gasteiger partial charge is 0.339 e. The molecule has 0 aliphatic carbocycles. The van der Waals surface area contributed by atoms with Gasteiger partial charge in [-0.05, 0) is 31.2 Å². The number of benzene rings is 2. The van der Waals surface area contributed by atoms with Gasteiger partial charge in [0.15, 0.2) is 17.1 Å². The molecule has 0 unspecified atom stereocenters. The Bertz CT molecular complexity index is 1250. The molecule has 0 bridgehead atoms. The molecule has 8 heteroatoms. The Morgan fingerprint density at radius 1 is 1.14 bits per heavy atom. The fraction of sp³-hybridized carbons (Fsp3) is 0.150. The molecule has 8 nitrogen and oxygen atoms in total. The number of ether oxygens (including phenoxy) is 2. The molecule has 0 spiro atoms. The van der Waals surface area contributed by atoms with E-state index in [1.807, 2.05) is 13.0 Å². The van der Waals surface area contributed by atoms with Crippen LogP contribution in [0.4, 0.5) is 0 Å². The van der Waals surface area contributed by atoms with Crippen molar-refractivity contribution in [3.63, 3.8) is 0 Å². The van der Waals surface area contributed by atoms with Gasteiger partial charge in [-0.1, -0.05) is 0 Å². The molecule has 2 aromatic heterocycles. The van der Waals surface area contributed by atoms with Crippen molar-refractivity contribution < 1.29 is 24.5 Å².